The van der Waals surface area contributed by atoms with E-state index in [4.69, 9.17) is 10.9 Å². The maximum Gasteiger partial charge on any atom is 0.156 e. The lowest BCUT2D eigenvalue weighted by molar-refractivity contribution is 0.196. The number of nitrogens with two attached hydrogens (primary N) is 1. The van der Waals surface area contributed by atoms with Crippen LogP contribution in [0.25, 0.3) is 0 Å². The third-order valence-electron chi connectivity index (χ3n) is 3.28. The van der Waals surface area contributed by atoms with E-state index in [1.807, 2.05) is 11.8 Å². The molecule has 0 amide bonds. The van der Waals surface area contributed by atoms with Crippen LogP contribution in [0.2, 0.25) is 0 Å². The highest BCUT2D eigenvalue weighted by molar-refractivity contribution is 7.91. The Bertz CT molecular complexity index is 381. The highest BCUT2D eigenvalue weighted by Gasteiger charge is 2.26. The summed E-state index contributed by atoms with van der Waals surface area (Å²) in [6.07, 6.45) is 3.53. The predicted molar refractivity (Wildman–Crippen MR) is 71.6 cm³/mol. The van der Waals surface area contributed by atoms with E-state index in [9.17, 15) is 8.42 Å². The maximum absolute atomic E-state index is 11.7. The van der Waals surface area contributed by atoms with Crippen molar-refractivity contribution in [2.24, 2.45) is 10.9 Å². The number of oxime groups is 1. The summed E-state index contributed by atoms with van der Waals surface area (Å²) in [5.74, 6) is 0.563. The zero-order valence-corrected chi connectivity index (χ0v) is 11.7. The number of piperidine rings is 1. The summed E-state index contributed by atoms with van der Waals surface area (Å²) in [4.78, 5) is 2.01. The molecule has 0 radical (unpaired) electrons. The van der Waals surface area contributed by atoms with E-state index < -0.39 is 9.84 Å². The molecule has 0 spiro atoms. The molecule has 0 bridgehead atoms. The van der Waals surface area contributed by atoms with Gasteiger partial charge in [0.05, 0.1) is 11.8 Å². The van der Waals surface area contributed by atoms with Crippen LogP contribution in [0.5, 0.6) is 0 Å². The average molecular weight is 277 g/mol. The first kappa shape index (κ1) is 15.2. The Labute approximate surface area is 109 Å². The Balaban J connectivity index is 2.58. The van der Waals surface area contributed by atoms with Gasteiger partial charge in [0.15, 0.2) is 15.7 Å². The second-order valence-electron chi connectivity index (χ2n) is 4.72. The van der Waals surface area contributed by atoms with E-state index >= 15 is 0 Å². The number of amidine groups is 1. The standard InChI is InChI=1S/C11H23N3O3S/c1-2-8-18(16,17)9-7-14-6-4-3-5-10(14)11(12)13-15/h10,15H,2-9H2,1H3,(H2,12,13). The molecule has 1 atom stereocenters. The Morgan fingerprint density at radius 2 is 2.17 bits per heavy atom. The molecule has 7 heteroatoms. The van der Waals surface area contributed by atoms with Gasteiger partial charge in [0.2, 0.25) is 0 Å². The minimum Gasteiger partial charge on any atom is -0.409 e. The van der Waals surface area contributed by atoms with Gasteiger partial charge in [0, 0.05) is 12.3 Å². The van der Waals surface area contributed by atoms with Crippen molar-refractivity contribution in [3.8, 4) is 0 Å². The van der Waals surface area contributed by atoms with Crippen LogP contribution in [0, 0.1) is 0 Å². The Morgan fingerprint density at radius 3 is 2.78 bits per heavy atom. The molecule has 1 aliphatic rings. The van der Waals surface area contributed by atoms with Crippen molar-refractivity contribution in [3.05, 3.63) is 0 Å². The van der Waals surface area contributed by atoms with Gasteiger partial charge in [-0.3, -0.25) is 4.90 Å². The smallest absolute Gasteiger partial charge is 0.156 e. The van der Waals surface area contributed by atoms with E-state index in [1.54, 1.807) is 0 Å². The maximum atomic E-state index is 11.7. The fourth-order valence-electron chi connectivity index (χ4n) is 2.33. The van der Waals surface area contributed by atoms with E-state index in [0.717, 1.165) is 25.8 Å². The molecule has 1 heterocycles. The quantitative estimate of drug-likeness (QED) is 0.317. The SMILES string of the molecule is CCCS(=O)(=O)CCN1CCCCC1C(N)=NO. The van der Waals surface area contributed by atoms with Crippen molar-refractivity contribution in [2.75, 3.05) is 24.6 Å². The normalized spacial score (nSPS) is 23.2. The van der Waals surface area contributed by atoms with Crippen molar-refractivity contribution in [1.82, 2.24) is 4.90 Å². The van der Waals surface area contributed by atoms with Gasteiger partial charge in [-0.15, -0.1) is 0 Å². The van der Waals surface area contributed by atoms with Crippen LogP contribution in [-0.2, 0) is 9.84 Å². The van der Waals surface area contributed by atoms with E-state index in [1.165, 1.54) is 0 Å². The number of nitrogens with zero attached hydrogens (tertiary/aromatic N) is 2. The fourth-order valence-corrected chi connectivity index (χ4v) is 3.67. The van der Waals surface area contributed by atoms with Crippen LogP contribution in [0.3, 0.4) is 0 Å². The van der Waals surface area contributed by atoms with Gasteiger partial charge < -0.3 is 10.9 Å². The first-order chi connectivity index (χ1) is 8.50. The topological polar surface area (TPSA) is 96.0 Å². The highest BCUT2D eigenvalue weighted by Crippen LogP contribution is 2.17. The van der Waals surface area contributed by atoms with E-state index in [-0.39, 0.29) is 23.4 Å². The molecule has 0 aromatic rings. The second kappa shape index (κ2) is 6.94. The monoisotopic (exact) mass is 277 g/mol. The number of likely N-dealkylation sites (tertiary alicyclic amines) is 1. The Hall–Kier alpha value is -0.820. The predicted octanol–water partition coefficient (Wildman–Crippen LogP) is 0.412. The number of rotatable bonds is 6. The average Bonchev–Trinajstić information content (AvgIpc) is 2.36. The molecule has 1 aliphatic heterocycles. The molecular weight excluding hydrogens is 254 g/mol. The van der Waals surface area contributed by atoms with Crippen molar-refractivity contribution in [3.63, 3.8) is 0 Å². The van der Waals surface area contributed by atoms with Crippen molar-refractivity contribution >= 4 is 15.7 Å². The van der Waals surface area contributed by atoms with Gasteiger partial charge in [-0.05, 0) is 25.8 Å². The molecule has 6 nitrogen and oxygen atoms in total. The zero-order chi connectivity index (χ0) is 13.6. The van der Waals surface area contributed by atoms with E-state index in [0.29, 0.717) is 13.0 Å². The molecule has 1 unspecified atom stereocenters. The second-order valence-corrected chi connectivity index (χ2v) is 7.03. The number of sulfone groups is 1. The van der Waals surface area contributed by atoms with Gasteiger partial charge in [-0.2, -0.15) is 0 Å². The van der Waals surface area contributed by atoms with Crippen LogP contribution in [0.4, 0.5) is 0 Å². The third-order valence-corrected chi connectivity index (χ3v) is 5.11. The molecule has 0 aromatic heterocycles. The summed E-state index contributed by atoms with van der Waals surface area (Å²) in [5.41, 5.74) is 5.64. The molecule has 1 rings (SSSR count). The lowest BCUT2D eigenvalue weighted by Gasteiger charge is -2.34. The van der Waals surface area contributed by atoms with E-state index in [2.05, 4.69) is 5.16 Å². The van der Waals surface area contributed by atoms with Crippen LogP contribution in [0.15, 0.2) is 5.16 Å². The van der Waals surface area contributed by atoms with Crippen LogP contribution >= 0.6 is 0 Å². The summed E-state index contributed by atoms with van der Waals surface area (Å²) in [6, 6.07) is -0.124. The molecule has 18 heavy (non-hydrogen) atoms. The largest absolute Gasteiger partial charge is 0.409 e. The molecule has 3 N–H and O–H groups in total. The molecule has 0 aromatic carbocycles. The summed E-state index contributed by atoms with van der Waals surface area (Å²) in [6.45, 7) is 3.13. The summed E-state index contributed by atoms with van der Waals surface area (Å²) < 4.78 is 23.4. The lowest BCUT2D eigenvalue weighted by Crippen LogP contribution is -2.49. The van der Waals surface area contributed by atoms with Crippen molar-refractivity contribution in [2.45, 2.75) is 38.6 Å². The zero-order valence-electron chi connectivity index (χ0n) is 10.9. The van der Waals surface area contributed by atoms with Gasteiger partial charge in [0.25, 0.3) is 0 Å². The first-order valence-electron chi connectivity index (χ1n) is 6.42. The summed E-state index contributed by atoms with van der Waals surface area (Å²) in [5, 5.41) is 11.8. The third kappa shape index (κ3) is 4.45. The lowest BCUT2D eigenvalue weighted by atomic mass is 10.0. The van der Waals surface area contributed by atoms with Crippen LogP contribution in [0.1, 0.15) is 32.6 Å². The van der Waals surface area contributed by atoms with Gasteiger partial charge in [0.1, 0.15) is 0 Å². The van der Waals surface area contributed by atoms with Crippen molar-refractivity contribution in [1.29, 1.82) is 0 Å². The summed E-state index contributed by atoms with van der Waals surface area (Å²) in [7, 11) is -2.97. The first-order valence-corrected chi connectivity index (χ1v) is 8.24. The number of hydrogen-bond donors (Lipinski definition) is 2. The van der Waals surface area contributed by atoms with Crippen molar-refractivity contribution < 1.29 is 13.6 Å². The van der Waals surface area contributed by atoms with Gasteiger partial charge in [-0.25, -0.2) is 8.42 Å². The molecule has 0 aliphatic carbocycles. The molecular formula is C11H23N3O3S. The fraction of sp³-hybridized carbons (Fsp3) is 0.909. The minimum absolute atomic E-state index is 0.124. The Morgan fingerprint density at radius 1 is 1.44 bits per heavy atom. The number of hydrogen-bond acceptors (Lipinski definition) is 5. The minimum atomic E-state index is -2.97. The van der Waals surface area contributed by atoms with Crippen LogP contribution in [-0.4, -0.2) is 55.0 Å². The summed E-state index contributed by atoms with van der Waals surface area (Å²) >= 11 is 0. The van der Waals surface area contributed by atoms with Gasteiger partial charge in [-0.1, -0.05) is 18.5 Å². The molecule has 1 fully saturated rings. The molecule has 106 valence electrons. The molecule has 0 saturated carbocycles. The Kier molecular flexibility index (Phi) is 5.87. The molecule has 1 saturated heterocycles. The van der Waals surface area contributed by atoms with Gasteiger partial charge >= 0.3 is 0 Å². The van der Waals surface area contributed by atoms with Crippen LogP contribution < -0.4 is 5.73 Å². The highest BCUT2D eigenvalue weighted by atomic mass is 32.2.